The minimum Gasteiger partial charge on any atom is -0.480 e. The number of hydrogen-bond donors (Lipinski definition) is 4. The molecule has 0 aliphatic rings. The van der Waals surface area contributed by atoms with Crippen molar-refractivity contribution in [1.29, 1.82) is 0 Å². The fourth-order valence-corrected chi connectivity index (χ4v) is 1.08. The summed E-state index contributed by atoms with van der Waals surface area (Å²) >= 11 is 0. The van der Waals surface area contributed by atoms with Gasteiger partial charge in [0.05, 0.1) is 0 Å². The Bertz CT molecular complexity index is 208. The first-order chi connectivity index (χ1) is 7.11. The first-order valence-corrected chi connectivity index (χ1v) is 4.89. The molecule has 6 nitrogen and oxygen atoms in total. The summed E-state index contributed by atoms with van der Waals surface area (Å²) in [6.07, 6.45) is 0.983. The number of carbonyl (C=O) groups excluding carboxylic acids is 1. The standard InChI is InChI=1S/C9H18N2O4/c1-10-5-2-3-8(13)11-7(4-6-12)9(14)15/h7,10,12H,2-6H2,1H3,(H,11,13)(H,14,15). The monoisotopic (exact) mass is 218 g/mol. The van der Waals surface area contributed by atoms with E-state index < -0.39 is 12.0 Å². The second-order valence-electron chi connectivity index (χ2n) is 3.18. The average molecular weight is 218 g/mol. The van der Waals surface area contributed by atoms with Crippen molar-refractivity contribution in [1.82, 2.24) is 10.6 Å². The Hall–Kier alpha value is -1.14. The molecule has 0 saturated carbocycles. The summed E-state index contributed by atoms with van der Waals surface area (Å²) in [6.45, 7) is 0.457. The van der Waals surface area contributed by atoms with E-state index in [0.717, 1.165) is 0 Å². The quantitative estimate of drug-likeness (QED) is 0.389. The average Bonchev–Trinajstić information content (AvgIpc) is 2.17. The summed E-state index contributed by atoms with van der Waals surface area (Å²) < 4.78 is 0. The van der Waals surface area contributed by atoms with Gasteiger partial charge in [0.15, 0.2) is 0 Å². The second kappa shape index (κ2) is 8.19. The van der Waals surface area contributed by atoms with E-state index in [1.807, 2.05) is 0 Å². The Morgan fingerprint density at radius 3 is 2.53 bits per heavy atom. The Morgan fingerprint density at radius 2 is 2.07 bits per heavy atom. The van der Waals surface area contributed by atoms with Gasteiger partial charge in [0, 0.05) is 19.4 Å². The van der Waals surface area contributed by atoms with E-state index in [0.29, 0.717) is 13.0 Å². The molecule has 0 fully saturated rings. The molecule has 6 heteroatoms. The molecule has 0 radical (unpaired) electrons. The predicted molar refractivity (Wildman–Crippen MR) is 54.4 cm³/mol. The van der Waals surface area contributed by atoms with Crippen LogP contribution in [0.1, 0.15) is 19.3 Å². The lowest BCUT2D eigenvalue weighted by Crippen LogP contribution is -2.41. The van der Waals surface area contributed by atoms with Crippen molar-refractivity contribution in [3.8, 4) is 0 Å². The van der Waals surface area contributed by atoms with E-state index in [2.05, 4.69) is 10.6 Å². The van der Waals surface area contributed by atoms with Crippen LogP contribution in [0.25, 0.3) is 0 Å². The van der Waals surface area contributed by atoms with Crippen LogP contribution in [0.5, 0.6) is 0 Å². The highest BCUT2D eigenvalue weighted by molar-refractivity contribution is 5.83. The van der Waals surface area contributed by atoms with Gasteiger partial charge in [0.1, 0.15) is 6.04 Å². The molecule has 0 saturated heterocycles. The van der Waals surface area contributed by atoms with Gasteiger partial charge in [-0.2, -0.15) is 0 Å². The van der Waals surface area contributed by atoms with Gasteiger partial charge in [0.25, 0.3) is 0 Å². The number of aliphatic hydroxyl groups is 1. The van der Waals surface area contributed by atoms with Crippen molar-refractivity contribution < 1.29 is 19.8 Å². The molecule has 1 amide bonds. The fraction of sp³-hybridized carbons (Fsp3) is 0.778. The topological polar surface area (TPSA) is 98.7 Å². The third-order valence-electron chi connectivity index (χ3n) is 1.88. The van der Waals surface area contributed by atoms with Gasteiger partial charge in [-0.05, 0) is 20.0 Å². The SMILES string of the molecule is CNCCCC(=O)NC(CCO)C(=O)O. The van der Waals surface area contributed by atoms with Crippen LogP contribution < -0.4 is 10.6 Å². The molecular formula is C9H18N2O4. The van der Waals surface area contributed by atoms with Crippen LogP contribution in [0.2, 0.25) is 0 Å². The van der Waals surface area contributed by atoms with E-state index in [4.69, 9.17) is 10.2 Å². The van der Waals surface area contributed by atoms with E-state index in [1.54, 1.807) is 7.05 Å². The first-order valence-electron chi connectivity index (χ1n) is 4.89. The lowest BCUT2D eigenvalue weighted by molar-refractivity contribution is -0.142. The van der Waals surface area contributed by atoms with Crippen molar-refractivity contribution in [2.75, 3.05) is 20.2 Å². The minimum absolute atomic E-state index is 0.0348. The van der Waals surface area contributed by atoms with Crippen LogP contribution in [-0.2, 0) is 9.59 Å². The van der Waals surface area contributed by atoms with E-state index >= 15 is 0 Å². The molecule has 1 atom stereocenters. The normalized spacial score (nSPS) is 12.1. The van der Waals surface area contributed by atoms with Gasteiger partial charge in [-0.1, -0.05) is 0 Å². The Balaban J connectivity index is 3.84. The smallest absolute Gasteiger partial charge is 0.326 e. The molecule has 4 N–H and O–H groups in total. The maximum absolute atomic E-state index is 11.2. The molecule has 15 heavy (non-hydrogen) atoms. The third-order valence-corrected chi connectivity index (χ3v) is 1.88. The van der Waals surface area contributed by atoms with Crippen molar-refractivity contribution in [2.45, 2.75) is 25.3 Å². The van der Waals surface area contributed by atoms with Crippen molar-refractivity contribution in [3.63, 3.8) is 0 Å². The van der Waals surface area contributed by atoms with Gasteiger partial charge < -0.3 is 20.8 Å². The van der Waals surface area contributed by atoms with Crippen LogP contribution in [0.15, 0.2) is 0 Å². The molecule has 0 aromatic carbocycles. The van der Waals surface area contributed by atoms with Crippen molar-refractivity contribution >= 4 is 11.9 Å². The molecule has 88 valence electrons. The number of carboxylic acid groups (broad SMARTS) is 1. The lowest BCUT2D eigenvalue weighted by Gasteiger charge is -2.12. The molecule has 0 rings (SSSR count). The molecule has 0 aromatic rings. The maximum Gasteiger partial charge on any atom is 0.326 e. The number of aliphatic hydroxyl groups excluding tert-OH is 1. The first kappa shape index (κ1) is 13.9. The zero-order chi connectivity index (χ0) is 11.7. The van der Waals surface area contributed by atoms with Crippen LogP contribution in [0.4, 0.5) is 0 Å². The van der Waals surface area contributed by atoms with Crippen LogP contribution >= 0.6 is 0 Å². The van der Waals surface area contributed by atoms with Crippen molar-refractivity contribution in [3.05, 3.63) is 0 Å². The highest BCUT2D eigenvalue weighted by Crippen LogP contribution is 1.94. The van der Waals surface area contributed by atoms with E-state index in [-0.39, 0.29) is 25.4 Å². The maximum atomic E-state index is 11.2. The highest BCUT2D eigenvalue weighted by Gasteiger charge is 2.18. The molecule has 0 aliphatic heterocycles. The van der Waals surface area contributed by atoms with Gasteiger partial charge in [-0.25, -0.2) is 4.79 Å². The fourth-order valence-electron chi connectivity index (χ4n) is 1.08. The molecule has 0 heterocycles. The van der Waals surface area contributed by atoms with Gasteiger partial charge in [0.2, 0.25) is 5.91 Å². The predicted octanol–water partition coefficient (Wildman–Crippen LogP) is -1.06. The van der Waals surface area contributed by atoms with Gasteiger partial charge >= 0.3 is 5.97 Å². The number of amides is 1. The van der Waals surface area contributed by atoms with Gasteiger partial charge in [-0.3, -0.25) is 4.79 Å². The van der Waals surface area contributed by atoms with E-state index in [9.17, 15) is 9.59 Å². The number of aliphatic carboxylic acids is 1. The molecule has 0 spiro atoms. The summed E-state index contributed by atoms with van der Waals surface area (Å²) in [5, 5.41) is 22.5. The number of nitrogens with one attached hydrogen (secondary N) is 2. The molecule has 0 aliphatic carbocycles. The number of hydrogen-bond acceptors (Lipinski definition) is 4. The summed E-state index contributed by atoms with van der Waals surface area (Å²) in [6, 6.07) is -0.989. The third kappa shape index (κ3) is 6.87. The Labute approximate surface area is 88.7 Å². The number of carboxylic acids is 1. The van der Waals surface area contributed by atoms with Gasteiger partial charge in [-0.15, -0.1) is 0 Å². The molecule has 0 bridgehead atoms. The zero-order valence-electron chi connectivity index (χ0n) is 8.82. The Kier molecular flexibility index (Phi) is 7.57. The largest absolute Gasteiger partial charge is 0.480 e. The van der Waals surface area contributed by atoms with Crippen LogP contribution in [-0.4, -0.2) is 48.3 Å². The summed E-state index contributed by atoms with van der Waals surface area (Å²) in [4.78, 5) is 21.8. The number of carbonyl (C=O) groups is 2. The van der Waals surface area contributed by atoms with E-state index in [1.165, 1.54) is 0 Å². The Morgan fingerprint density at radius 1 is 1.40 bits per heavy atom. The minimum atomic E-state index is -1.12. The summed E-state index contributed by atoms with van der Waals surface area (Å²) in [5.41, 5.74) is 0. The second-order valence-corrected chi connectivity index (χ2v) is 3.18. The van der Waals surface area contributed by atoms with Crippen LogP contribution in [0.3, 0.4) is 0 Å². The molecular weight excluding hydrogens is 200 g/mol. The zero-order valence-corrected chi connectivity index (χ0v) is 8.82. The lowest BCUT2D eigenvalue weighted by atomic mass is 10.2. The number of rotatable bonds is 8. The highest BCUT2D eigenvalue weighted by atomic mass is 16.4. The molecule has 0 aromatic heterocycles. The summed E-state index contributed by atoms with van der Waals surface area (Å²) in [5.74, 6) is -1.42. The molecule has 1 unspecified atom stereocenters. The van der Waals surface area contributed by atoms with Crippen LogP contribution in [0, 0.1) is 0 Å². The summed E-state index contributed by atoms with van der Waals surface area (Å²) in [7, 11) is 1.78. The van der Waals surface area contributed by atoms with Crippen molar-refractivity contribution in [2.24, 2.45) is 0 Å².